The molecule has 1 aliphatic rings. The molecule has 1 heterocycles. The summed E-state index contributed by atoms with van der Waals surface area (Å²) in [6.45, 7) is 0.470. The number of nitrogens with zero attached hydrogens (tertiary/aromatic N) is 1. The number of anilines is 1. The summed E-state index contributed by atoms with van der Waals surface area (Å²) in [7, 11) is 1.63. The highest BCUT2D eigenvalue weighted by Gasteiger charge is 2.30. The van der Waals surface area contributed by atoms with Gasteiger partial charge < -0.3 is 14.7 Å². The lowest BCUT2D eigenvalue weighted by Crippen LogP contribution is -2.25. The van der Waals surface area contributed by atoms with Crippen molar-refractivity contribution in [2.24, 2.45) is 0 Å². The molecule has 4 heteroatoms. The Hall–Kier alpha value is -2.85. The zero-order valence-corrected chi connectivity index (χ0v) is 13.3. The van der Waals surface area contributed by atoms with Gasteiger partial charge in [-0.1, -0.05) is 30.3 Å². The lowest BCUT2D eigenvalue weighted by Gasteiger charge is -2.18. The van der Waals surface area contributed by atoms with E-state index < -0.39 is 0 Å². The van der Waals surface area contributed by atoms with E-state index in [1.54, 1.807) is 12.0 Å². The van der Waals surface area contributed by atoms with Crippen molar-refractivity contribution in [3.63, 3.8) is 0 Å². The summed E-state index contributed by atoms with van der Waals surface area (Å²) in [6, 6.07) is 17.2. The fourth-order valence-corrected chi connectivity index (χ4v) is 3.31. The van der Waals surface area contributed by atoms with E-state index in [-0.39, 0.29) is 12.5 Å². The Balaban J connectivity index is 1.77. The number of aliphatic hydroxyl groups excluding tert-OH is 1. The normalized spacial score (nSPS) is 12.9. The first-order valence-electron chi connectivity index (χ1n) is 7.83. The minimum atomic E-state index is -0.0348. The molecular formula is C20H17NO3. The monoisotopic (exact) mass is 319 g/mol. The topological polar surface area (TPSA) is 49.8 Å². The Morgan fingerprint density at radius 3 is 2.54 bits per heavy atom. The summed E-state index contributed by atoms with van der Waals surface area (Å²) in [5.41, 5.74) is 3.48. The minimum absolute atomic E-state index is 0.00140. The Morgan fingerprint density at radius 2 is 1.83 bits per heavy atom. The third-order valence-electron chi connectivity index (χ3n) is 4.55. The van der Waals surface area contributed by atoms with Gasteiger partial charge in [0.25, 0.3) is 5.91 Å². The molecule has 3 aromatic rings. The van der Waals surface area contributed by atoms with Crippen LogP contribution in [0.1, 0.15) is 21.5 Å². The maximum absolute atomic E-state index is 12.8. The molecule has 1 N–H and O–H groups in total. The summed E-state index contributed by atoms with van der Waals surface area (Å²) in [5, 5.41) is 11.4. The Bertz CT molecular complexity index is 932. The number of rotatable bonds is 4. The van der Waals surface area contributed by atoms with Crippen molar-refractivity contribution in [2.45, 2.75) is 13.2 Å². The first-order valence-corrected chi connectivity index (χ1v) is 7.83. The second-order valence-electron chi connectivity index (χ2n) is 5.87. The SMILES string of the molecule is COc1ccc(CN2C(=O)c3cccc4c(CO)ccc2c34)cc1. The van der Waals surface area contributed by atoms with Gasteiger partial charge in [0.1, 0.15) is 5.75 Å². The molecule has 0 aromatic heterocycles. The maximum atomic E-state index is 12.8. The number of carbonyl (C=O) groups excluding carboxylic acids is 1. The van der Waals surface area contributed by atoms with Crippen LogP contribution in [0.2, 0.25) is 0 Å². The van der Waals surface area contributed by atoms with Crippen LogP contribution in [0.15, 0.2) is 54.6 Å². The fourth-order valence-electron chi connectivity index (χ4n) is 3.31. The van der Waals surface area contributed by atoms with Gasteiger partial charge in [0.05, 0.1) is 25.9 Å². The molecule has 3 aromatic carbocycles. The number of hydrogen-bond donors (Lipinski definition) is 1. The molecule has 4 nitrogen and oxygen atoms in total. The summed E-state index contributed by atoms with van der Waals surface area (Å²) >= 11 is 0. The van der Waals surface area contributed by atoms with Gasteiger partial charge in [-0.25, -0.2) is 0 Å². The van der Waals surface area contributed by atoms with Gasteiger partial charge in [0.15, 0.2) is 0 Å². The molecule has 4 rings (SSSR count). The lowest BCUT2D eigenvalue weighted by atomic mass is 10.0. The Kier molecular flexibility index (Phi) is 3.47. The molecule has 0 aliphatic carbocycles. The van der Waals surface area contributed by atoms with Gasteiger partial charge in [-0.05, 0) is 40.8 Å². The first kappa shape index (κ1) is 14.7. The van der Waals surface area contributed by atoms with E-state index in [9.17, 15) is 9.90 Å². The van der Waals surface area contributed by atoms with Crippen LogP contribution >= 0.6 is 0 Å². The van der Waals surface area contributed by atoms with Crippen LogP contribution in [0.5, 0.6) is 5.75 Å². The molecule has 0 atom stereocenters. The molecule has 0 fully saturated rings. The molecule has 0 bridgehead atoms. The lowest BCUT2D eigenvalue weighted by molar-refractivity contribution is 0.0991. The van der Waals surface area contributed by atoms with Crippen molar-refractivity contribution >= 4 is 22.4 Å². The number of carbonyl (C=O) groups is 1. The van der Waals surface area contributed by atoms with E-state index >= 15 is 0 Å². The van der Waals surface area contributed by atoms with Crippen molar-refractivity contribution in [1.29, 1.82) is 0 Å². The predicted octanol–water partition coefficient (Wildman–Crippen LogP) is 3.50. The largest absolute Gasteiger partial charge is 0.497 e. The number of benzene rings is 3. The van der Waals surface area contributed by atoms with Crippen molar-refractivity contribution in [1.82, 2.24) is 0 Å². The van der Waals surface area contributed by atoms with Crippen molar-refractivity contribution in [3.8, 4) is 5.75 Å². The number of ether oxygens (including phenoxy) is 1. The van der Waals surface area contributed by atoms with Crippen LogP contribution in [0.4, 0.5) is 5.69 Å². The minimum Gasteiger partial charge on any atom is -0.497 e. The van der Waals surface area contributed by atoms with Gasteiger partial charge in [0.2, 0.25) is 0 Å². The summed E-state index contributed by atoms with van der Waals surface area (Å²) < 4.78 is 5.18. The molecule has 0 radical (unpaired) electrons. The second kappa shape index (κ2) is 5.65. The summed E-state index contributed by atoms with van der Waals surface area (Å²) in [4.78, 5) is 14.6. The van der Waals surface area contributed by atoms with E-state index in [1.165, 1.54) is 0 Å². The van der Waals surface area contributed by atoms with Crippen molar-refractivity contribution in [3.05, 3.63) is 71.3 Å². The zero-order valence-electron chi connectivity index (χ0n) is 13.3. The molecule has 24 heavy (non-hydrogen) atoms. The maximum Gasteiger partial charge on any atom is 0.259 e. The Morgan fingerprint density at radius 1 is 1.04 bits per heavy atom. The second-order valence-corrected chi connectivity index (χ2v) is 5.87. The molecule has 0 saturated carbocycles. The van der Waals surface area contributed by atoms with E-state index in [4.69, 9.17) is 4.74 Å². The molecule has 1 aliphatic heterocycles. The predicted molar refractivity (Wildman–Crippen MR) is 93.4 cm³/mol. The standard InChI is InChI=1S/C20H17NO3/c1-24-15-8-5-13(6-9-15)11-21-18-10-7-14(12-22)16-3-2-4-17(19(16)18)20(21)23/h2-10,22H,11-12H2,1H3. The van der Waals surface area contributed by atoms with Crippen molar-refractivity contribution < 1.29 is 14.6 Å². The molecule has 0 saturated heterocycles. The number of amides is 1. The van der Waals surface area contributed by atoms with Crippen LogP contribution in [0.25, 0.3) is 10.8 Å². The fraction of sp³-hybridized carbons (Fsp3) is 0.150. The van der Waals surface area contributed by atoms with Gasteiger partial charge in [-0.3, -0.25) is 4.79 Å². The zero-order chi connectivity index (χ0) is 16.7. The van der Waals surface area contributed by atoms with Crippen LogP contribution < -0.4 is 9.64 Å². The van der Waals surface area contributed by atoms with E-state index in [2.05, 4.69) is 0 Å². The molecule has 0 spiro atoms. The highest BCUT2D eigenvalue weighted by Crippen LogP contribution is 2.39. The molecule has 1 amide bonds. The number of aliphatic hydroxyl groups is 1. The first-order chi connectivity index (χ1) is 11.7. The third kappa shape index (κ3) is 2.15. The third-order valence-corrected chi connectivity index (χ3v) is 4.55. The highest BCUT2D eigenvalue weighted by molar-refractivity contribution is 6.25. The average Bonchev–Trinajstić information content (AvgIpc) is 2.90. The molecule has 0 unspecified atom stereocenters. The average molecular weight is 319 g/mol. The van der Waals surface area contributed by atoms with Gasteiger partial charge in [-0.2, -0.15) is 0 Å². The van der Waals surface area contributed by atoms with Crippen molar-refractivity contribution in [2.75, 3.05) is 12.0 Å². The number of hydrogen-bond acceptors (Lipinski definition) is 3. The Labute approximate surface area is 139 Å². The van der Waals surface area contributed by atoms with E-state index in [0.29, 0.717) is 12.1 Å². The van der Waals surface area contributed by atoms with E-state index in [0.717, 1.165) is 33.3 Å². The number of methoxy groups -OCH3 is 1. The van der Waals surface area contributed by atoms with E-state index in [1.807, 2.05) is 54.6 Å². The summed E-state index contributed by atoms with van der Waals surface area (Å²) in [6.07, 6.45) is 0. The van der Waals surface area contributed by atoms with Gasteiger partial charge in [-0.15, -0.1) is 0 Å². The van der Waals surface area contributed by atoms with Crippen LogP contribution in [0, 0.1) is 0 Å². The smallest absolute Gasteiger partial charge is 0.259 e. The van der Waals surface area contributed by atoms with Gasteiger partial charge in [0, 0.05) is 10.9 Å². The molecular weight excluding hydrogens is 302 g/mol. The summed E-state index contributed by atoms with van der Waals surface area (Å²) in [5.74, 6) is 0.797. The highest BCUT2D eigenvalue weighted by atomic mass is 16.5. The quantitative estimate of drug-likeness (QED) is 0.801. The van der Waals surface area contributed by atoms with Crippen LogP contribution in [0.3, 0.4) is 0 Å². The molecule has 120 valence electrons. The van der Waals surface area contributed by atoms with Gasteiger partial charge >= 0.3 is 0 Å². The van der Waals surface area contributed by atoms with Crippen LogP contribution in [-0.2, 0) is 13.2 Å². The van der Waals surface area contributed by atoms with Crippen LogP contribution in [-0.4, -0.2) is 18.1 Å².